The minimum atomic E-state index is -0.426. The average Bonchev–Trinajstić information content (AvgIpc) is 2.75. The second-order valence-electron chi connectivity index (χ2n) is 7.08. The SMILES string of the molecule is COC(C)(C)CCNC1CCN(C(=O)OC(C)(C)C)C1. The Bertz CT molecular complexity index is 324. The minimum Gasteiger partial charge on any atom is -0.444 e. The van der Waals surface area contributed by atoms with E-state index in [1.165, 1.54) is 0 Å². The molecule has 1 fully saturated rings. The first kappa shape index (κ1) is 17.2. The number of likely N-dealkylation sites (tertiary alicyclic amines) is 1. The summed E-state index contributed by atoms with van der Waals surface area (Å²) in [6.07, 6.45) is 1.72. The fourth-order valence-corrected chi connectivity index (χ4v) is 2.10. The molecule has 1 aliphatic heterocycles. The second-order valence-corrected chi connectivity index (χ2v) is 7.08. The van der Waals surface area contributed by atoms with Gasteiger partial charge in [-0.15, -0.1) is 0 Å². The van der Waals surface area contributed by atoms with Gasteiger partial charge in [-0.3, -0.25) is 0 Å². The van der Waals surface area contributed by atoms with Crippen LogP contribution in [0.25, 0.3) is 0 Å². The summed E-state index contributed by atoms with van der Waals surface area (Å²) in [6.45, 7) is 12.2. The summed E-state index contributed by atoms with van der Waals surface area (Å²) in [5.74, 6) is 0. The maximum Gasteiger partial charge on any atom is 0.410 e. The molecule has 0 aromatic carbocycles. The van der Waals surface area contributed by atoms with Crippen molar-refractivity contribution in [1.29, 1.82) is 0 Å². The lowest BCUT2D eigenvalue weighted by atomic mass is 10.1. The lowest BCUT2D eigenvalue weighted by Gasteiger charge is -2.25. The van der Waals surface area contributed by atoms with Gasteiger partial charge in [0.15, 0.2) is 0 Å². The van der Waals surface area contributed by atoms with Crippen LogP contribution in [0.5, 0.6) is 0 Å². The van der Waals surface area contributed by atoms with E-state index in [1.54, 1.807) is 12.0 Å². The summed E-state index contributed by atoms with van der Waals surface area (Å²) in [4.78, 5) is 13.7. The number of hydrogen-bond acceptors (Lipinski definition) is 4. The van der Waals surface area contributed by atoms with Gasteiger partial charge >= 0.3 is 6.09 Å². The Morgan fingerprint density at radius 2 is 1.95 bits per heavy atom. The van der Waals surface area contributed by atoms with Crippen LogP contribution >= 0.6 is 0 Å². The van der Waals surface area contributed by atoms with Crippen molar-refractivity contribution in [2.45, 2.75) is 64.7 Å². The molecule has 1 rings (SSSR count). The highest BCUT2D eigenvalue weighted by Gasteiger charge is 2.29. The monoisotopic (exact) mass is 286 g/mol. The Hall–Kier alpha value is -0.810. The lowest BCUT2D eigenvalue weighted by molar-refractivity contribution is 0.0150. The molecule has 0 aromatic heterocycles. The molecule has 1 N–H and O–H groups in total. The first-order valence-electron chi connectivity index (χ1n) is 7.39. The normalized spacial score (nSPS) is 20.3. The highest BCUT2D eigenvalue weighted by atomic mass is 16.6. The van der Waals surface area contributed by atoms with Crippen molar-refractivity contribution in [3.05, 3.63) is 0 Å². The molecule has 1 atom stereocenters. The van der Waals surface area contributed by atoms with Gasteiger partial charge in [-0.25, -0.2) is 4.79 Å². The van der Waals surface area contributed by atoms with Gasteiger partial charge in [0.05, 0.1) is 5.60 Å². The first-order chi connectivity index (χ1) is 9.13. The van der Waals surface area contributed by atoms with Crippen molar-refractivity contribution < 1.29 is 14.3 Å². The third-order valence-corrected chi connectivity index (χ3v) is 3.55. The molecule has 0 saturated carbocycles. The zero-order chi connectivity index (χ0) is 15.4. The van der Waals surface area contributed by atoms with Crippen LogP contribution in [0.1, 0.15) is 47.5 Å². The highest BCUT2D eigenvalue weighted by molar-refractivity contribution is 5.68. The van der Waals surface area contributed by atoms with Gasteiger partial charge in [0.1, 0.15) is 5.60 Å². The van der Waals surface area contributed by atoms with Gasteiger partial charge in [0.25, 0.3) is 0 Å². The van der Waals surface area contributed by atoms with Crippen LogP contribution in [0.15, 0.2) is 0 Å². The Balaban J connectivity index is 2.28. The maximum absolute atomic E-state index is 11.9. The molecule has 1 aliphatic rings. The Kier molecular flexibility index (Phi) is 5.83. The molecule has 5 heteroatoms. The lowest BCUT2D eigenvalue weighted by Crippen LogP contribution is -2.39. The number of carbonyl (C=O) groups excluding carboxylic acids is 1. The smallest absolute Gasteiger partial charge is 0.410 e. The van der Waals surface area contributed by atoms with Crippen LogP contribution < -0.4 is 5.32 Å². The number of hydrogen-bond donors (Lipinski definition) is 1. The number of rotatable bonds is 5. The fourth-order valence-electron chi connectivity index (χ4n) is 2.10. The topological polar surface area (TPSA) is 50.8 Å². The van der Waals surface area contributed by atoms with Crippen molar-refractivity contribution in [2.24, 2.45) is 0 Å². The summed E-state index contributed by atoms with van der Waals surface area (Å²) in [7, 11) is 1.74. The second kappa shape index (κ2) is 6.76. The molecule has 5 nitrogen and oxygen atoms in total. The van der Waals surface area contributed by atoms with Crippen molar-refractivity contribution in [3.63, 3.8) is 0 Å². The predicted octanol–water partition coefficient (Wildman–Crippen LogP) is 2.40. The largest absolute Gasteiger partial charge is 0.444 e. The van der Waals surface area contributed by atoms with Gasteiger partial charge in [-0.1, -0.05) is 0 Å². The summed E-state index contributed by atoms with van der Waals surface area (Å²) in [5, 5.41) is 3.49. The van der Waals surface area contributed by atoms with Gasteiger partial charge < -0.3 is 19.7 Å². The highest BCUT2D eigenvalue weighted by Crippen LogP contribution is 2.16. The zero-order valence-corrected chi connectivity index (χ0v) is 13.8. The van der Waals surface area contributed by atoms with E-state index >= 15 is 0 Å². The Morgan fingerprint density at radius 3 is 2.50 bits per heavy atom. The molecule has 1 amide bonds. The van der Waals surface area contributed by atoms with Crippen molar-refractivity contribution in [3.8, 4) is 0 Å². The molecule has 1 saturated heterocycles. The van der Waals surface area contributed by atoms with Crippen LogP contribution in [0, 0.1) is 0 Å². The van der Waals surface area contributed by atoms with Crippen LogP contribution in [0.4, 0.5) is 4.79 Å². The minimum absolute atomic E-state index is 0.101. The van der Waals surface area contributed by atoms with Crippen molar-refractivity contribution in [2.75, 3.05) is 26.7 Å². The number of methoxy groups -OCH3 is 1. The summed E-state index contributed by atoms with van der Waals surface area (Å²) in [6, 6.07) is 0.357. The van der Waals surface area contributed by atoms with E-state index in [9.17, 15) is 4.79 Å². The summed E-state index contributed by atoms with van der Waals surface area (Å²) < 4.78 is 10.8. The van der Waals surface area contributed by atoms with Gasteiger partial charge in [0.2, 0.25) is 0 Å². The number of carbonyl (C=O) groups is 1. The molecule has 0 aliphatic carbocycles. The van der Waals surface area contributed by atoms with Crippen molar-refractivity contribution in [1.82, 2.24) is 10.2 Å². The maximum atomic E-state index is 11.9. The molecule has 0 spiro atoms. The zero-order valence-electron chi connectivity index (χ0n) is 13.8. The van der Waals surface area contributed by atoms with E-state index in [-0.39, 0.29) is 11.7 Å². The van der Waals surface area contributed by atoms with Gasteiger partial charge in [0, 0.05) is 26.2 Å². The van der Waals surface area contributed by atoms with E-state index in [0.29, 0.717) is 6.04 Å². The third kappa shape index (κ3) is 6.09. The van der Waals surface area contributed by atoms with Gasteiger partial charge in [-0.2, -0.15) is 0 Å². The molecule has 0 aromatic rings. The molecule has 20 heavy (non-hydrogen) atoms. The molecular weight excluding hydrogens is 256 g/mol. The molecule has 1 heterocycles. The number of nitrogens with zero attached hydrogens (tertiary/aromatic N) is 1. The molecule has 1 unspecified atom stereocenters. The molecule has 0 bridgehead atoms. The van der Waals surface area contributed by atoms with E-state index in [2.05, 4.69) is 19.2 Å². The molecule has 118 valence electrons. The van der Waals surface area contributed by atoms with E-state index < -0.39 is 5.60 Å². The van der Waals surface area contributed by atoms with E-state index in [1.807, 2.05) is 20.8 Å². The summed E-state index contributed by atoms with van der Waals surface area (Å²) >= 11 is 0. The van der Waals surface area contributed by atoms with Crippen LogP contribution in [0.3, 0.4) is 0 Å². The average molecular weight is 286 g/mol. The third-order valence-electron chi connectivity index (χ3n) is 3.55. The molecular formula is C15H30N2O3. The number of amides is 1. The van der Waals surface area contributed by atoms with Crippen LogP contribution in [-0.2, 0) is 9.47 Å². The standard InChI is InChI=1S/C15H30N2O3/c1-14(2,3)20-13(18)17-10-7-12(11-17)16-9-8-15(4,5)19-6/h12,16H,7-11H2,1-6H3. The molecule has 0 radical (unpaired) electrons. The Labute approximate surface area is 123 Å². The van der Waals surface area contributed by atoms with Crippen LogP contribution in [0.2, 0.25) is 0 Å². The van der Waals surface area contributed by atoms with Crippen LogP contribution in [-0.4, -0.2) is 55.0 Å². The fraction of sp³-hybridized carbons (Fsp3) is 0.933. The number of ether oxygens (including phenoxy) is 2. The summed E-state index contributed by atoms with van der Waals surface area (Å²) in [5.41, 5.74) is -0.526. The predicted molar refractivity (Wildman–Crippen MR) is 79.9 cm³/mol. The van der Waals surface area contributed by atoms with Gasteiger partial charge in [-0.05, 0) is 54.0 Å². The Morgan fingerprint density at radius 1 is 1.30 bits per heavy atom. The quantitative estimate of drug-likeness (QED) is 0.843. The van der Waals surface area contributed by atoms with E-state index in [0.717, 1.165) is 32.5 Å². The van der Waals surface area contributed by atoms with E-state index in [4.69, 9.17) is 9.47 Å². The number of nitrogens with one attached hydrogen (secondary N) is 1. The van der Waals surface area contributed by atoms with Crippen molar-refractivity contribution >= 4 is 6.09 Å². The first-order valence-corrected chi connectivity index (χ1v) is 7.39.